The van der Waals surface area contributed by atoms with Gasteiger partial charge in [0.15, 0.2) is 0 Å². The van der Waals surface area contributed by atoms with Gasteiger partial charge in [0.2, 0.25) is 0 Å². The Morgan fingerprint density at radius 2 is 2.00 bits per heavy atom. The van der Waals surface area contributed by atoms with Crippen molar-refractivity contribution >= 4 is 23.2 Å². The van der Waals surface area contributed by atoms with Crippen LogP contribution in [0.5, 0.6) is 0 Å². The van der Waals surface area contributed by atoms with Gasteiger partial charge in [-0.1, -0.05) is 29.3 Å². The lowest BCUT2D eigenvalue weighted by Crippen LogP contribution is -2.30. The molecule has 1 aromatic rings. The molecule has 0 aliphatic rings. The van der Waals surface area contributed by atoms with Crippen molar-refractivity contribution in [3.63, 3.8) is 0 Å². The second-order valence-electron chi connectivity index (χ2n) is 3.23. The Kier molecular flexibility index (Phi) is 3.20. The summed E-state index contributed by atoms with van der Waals surface area (Å²) in [5, 5.41) is 0.319. The minimum atomic E-state index is -0.859. The molecule has 0 amide bonds. The summed E-state index contributed by atoms with van der Waals surface area (Å²) < 4.78 is 13.1. The quantitative estimate of drug-likeness (QED) is 0.615. The van der Waals surface area contributed by atoms with Crippen LogP contribution in [-0.4, -0.2) is 0 Å². The molecule has 1 rings (SSSR count). The lowest BCUT2D eigenvalue weighted by Gasteiger charge is -2.22. The molecule has 1 nitrogen and oxygen atoms in total. The van der Waals surface area contributed by atoms with E-state index in [-0.39, 0.29) is 5.02 Å². The number of hydrogen-bond acceptors (Lipinski definition) is 1. The summed E-state index contributed by atoms with van der Waals surface area (Å²) in [5.74, 6) is -0.537. The van der Waals surface area contributed by atoms with E-state index in [2.05, 4.69) is 6.58 Å². The Hall–Kier alpha value is -0.570. The average Bonchev–Trinajstić information content (AvgIpc) is 2.11. The molecular formula is C10H10Cl2FN. The monoisotopic (exact) mass is 233 g/mol. The average molecular weight is 234 g/mol. The van der Waals surface area contributed by atoms with Crippen molar-refractivity contribution in [1.29, 1.82) is 0 Å². The zero-order valence-electron chi connectivity index (χ0n) is 7.65. The van der Waals surface area contributed by atoms with Crippen LogP contribution in [0, 0.1) is 5.82 Å². The fourth-order valence-corrected chi connectivity index (χ4v) is 1.63. The van der Waals surface area contributed by atoms with Crippen LogP contribution in [0.1, 0.15) is 12.5 Å². The van der Waals surface area contributed by atoms with Gasteiger partial charge in [-0.3, -0.25) is 0 Å². The van der Waals surface area contributed by atoms with Crippen LogP contribution in [-0.2, 0) is 5.54 Å². The molecule has 4 heteroatoms. The van der Waals surface area contributed by atoms with E-state index in [1.54, 1.807) is 6.92 Å². The van der Waals surface area contributed by atoms with Crippen LogP contribution in [0.2, 0.25) is 10.0 Å². The van der Waals surface area contributed by atoms with Crippen molar-refractivity contribution < 1.29 is 4.39 Å². The van der Waals surface area contributed by atoms with Crippen molar-refractivity contribution in [3.8, 4) is 0 Å². The van der Waals surface area contributed by atoms with E-state index in [0.29, 0.717) is 10.6 Å². The maximum Gasteiger partial charge on any atom is 0.142 e. The topological polar surface area (TPSA) is 26.0 Å². The molecule has 0 radical (unpaired) electrons. The molecule has 0 aliphatic heterocycles. The molecule has 0 spiro atoms. The lowest BCUT2D eigenvalue weighted by molar-refractivity contribution is 0.597. The largest absolute Gasteiger partial charge is 0.318 e. The van der Waals surface area contributed by atoms with E-state index < -0.39 is 11.4 Å². The number of hydrogen-bond donors (Lipinski definition) is 1. The molecule has 2 N–H and O–H groups in total. The van der Waals surface area contributed by atoms with Crippen molar-refractivity contribution in [2.24, 2.45) is 5.73 Å². The van der Waals surface area contributed by atoms with Crippen molar-refractivity contribution in [2.45, 2.75) is 12.5 Å². The van der Waals surface area contributed by atoms with Gasteiger partial charge in [0, 0.05) is 5.02 Å². The predicted molar refractivity (Wildman–Crippen MR) is 58.2 cm³/mol. The maximum absolute atomic E-state index is 13.1. The molecule has 0 aliphatic carbocycles. The Bertz CT molecular complexity index is 375. The first-order chi connectivity index (χ1) is 6.38. The van der Waals surface area contributed by atoms with Crippen LogP contribution >= 0.6 is 23.2 Å². The Balaban J connectivity index is 3.36. The summed E-state index contributed by atoms with van der Waals surface area (Å²) in [7, 11) is 0. The van der Waals surface area contributed by atoms with E-state index in [1.807, 2.05) is 0 Å². The third-order valence-electron chi connectivity index (χ3n) is 2.01. The molecule has 0 bridgehead atoms. The van der Waals surface area contributed by atoms with E-state index in [4.69, 9.17) is 28.9 Å². The summed E-state index contributed by atoms with van der Waals surface area (Å²) >= 11 is 11.4. The van der Waals surface area contributed by atoms with Gasteiger partial charge in [-0.25, -0.2) is 4.39 Å². The third-order valence-corrected chi connectivity index (χ3v) is 2.62. The first kappa shape index (κ1) is 11.5. The first-order valence-electron chi connectivity index (χ1n) is 3.96. The lowest BCUT2D eigenvalue weighted by atomic mass is 9.93. The maximum atomic E-state index is 13.1. The van der Waals surface area contributed by atoms with Gasteiger partial charge in [-0.05, 0) is 24.6 Å². The van der Waals surface area contributed by atoms with Crippen LogP contribution < -0.4 is 5.73 Å². The van der Waals surface area contributed by atoms with Crippen LogP contribution in [0.15, 0.2) is 24.8 Å². The van der Waals surface area contributed by atoms with Gasteiger partial charge in [-0.15, -0.1) is 6.58 Å². The molecule has 0 fully saturated rings. The standard InChI is InChI=1S/C10H10Cl2FN/c1-3-10(2,14)6-4-9(13)8(12)5-7(6)11/h3-5H,1,14H2,2H3/t10-/m0/s1. The molecule has 0 saturated heterocycles. The van der Waals surface area contributed by atoms with Gasteiger partial charge in [0.1, 0.15) is 5.82 Å². The highest BCUT2D eigenvalue weighted by Crippen LogP contribution is 2.31. The van der Waals surface area contributed by atoms with Crippen LogP contribution in [0.4, 0.5) is 4.39 Å². The van der Waals surface area contributed by atoms with Crippen molar-refractivity contribution in [1.82, 2.24) is 0 Å². The summed E-state index contributed by atoms with van der Waals surface area (Å²) in [5.41, 5.74) is 5.45. The van der Waals surface area contributed by atoms with Gasteiger partial charge in [0.05, 0.1) is 10.6 Å². The zero-order valence-corrected chi connectivity index (χ0v) is 9.16. The third kappa shape index (κ3) is 2.08. The zero-order chi connectivity index (χ0) is 10.9. The predicted octanol–water partition coefficient (Wildman–Crippen LogP) is 3.49. The summed E-state index contributed by atoms with van der Waals surface area (Å²) in [6, 6.07) is 2.56. The molecule has 0 saturated carbocycles. The number of halogens is 3. The Morgan fingerprint density at radius 3 is 2.50 bits per heavy atom. The summed E-state index contributed by atoms with van der Waals surface area (Å²) in [6.45, 7) is 5.25. The number of benzene rings is 1. The number of rotatable bonds is 2. The normalized spacial score (nSPS) is 14.9. The Labute approximate surface area is 92.3 Å². The van der Waals surface area contributed by atoms with Gasteiger partial charge < -0.3 is 5.73 Å². The summed E-state index contributed by atoms with van der Waals surface area (Å²) in [4.78, 5) is 0. The van der Waals surface area contributed by atoms with E-state index in [1.165, 1.54) is 18.2 Å². The Morgan fingerprint density at radius 1 is 1.43 bits per heavy atom. The van der Waals surface area contributed by atoms with Gasteiger partial charge in [-0.2, -0.15) is 0 Å². The molecule has 0 heterocycles. The minimum Gasteiger partial charge on any atom is -0.318 e. The highest BCUT2D eigenvalue weighted by atomic mass is 35.5. The fraction of sp³-hybridized carbons (Fsp3) is 0.200. The molecule has 76 valence electrons. The fourth-order valence-electron chi connectivity index (χ4n) is 1.05. The molecular weight excluding hydrogens is 224 g/mol. The second kappa shape index (κ2) is 3.89. The minimum absolute atomic E-state index is 0.0152. The van der Waals surface area contributed by atoms with E-state index in [0.717, 1.165) is 0 Å². The molecule has 1 atom stereocenters. The molecule has 0 aromatic heterocycles. The smallest absolute Gasteiger partial charge is 0.142 e. The van der Waals surface area contributed by atoms with Crippen LogP contribution in [0.25, 0.3) is 0 Å². The molecule has 14 heavy (non-hydrogen) atoms. The van der Waals surface area contributed by atoms with E-state index >= 15 is 0 Å². The van der Waals surface area contributed by atoms with Gasteiger partial charge in [0.25, 0.3) is 0 Å². The van der Waals surface area contributed by atoms with E-state index in [9.17, 15) is 4.39 Å². The highest BCUT2D eigenvalue weighted by molar-refractivity contribution is 6.35. The molecule has 1 aromatic carbocycles. The van der Waals surface area contributed by atoms with Gasteiger partial charge >= 0.3 is 0 Å². The first-order valence-corrected chi connectivity index (χ1v) is 4.71. The van der Waals surface area contributed by atoms with Crippen molar-refractivity contribution in [2.75, 3.05) is 0 Å². The number of nitrogens with two attached hydrogens (primary N) is 1. The highest BCUT2D eigenvalue weighted by Gasteiger charge is 2.21. The molecule has 0 unspecified atom stereocenters. The second-order valence-corrected chi connectivity index (χ2v) is 4.05. The van der Waals surface area contributed by atoms with Crippen LogP contribution in [0.3, 0.4) is 0 Å². The summed E-state index contributed by atoms with van der Waals surface area (Å²) in [6.07, 6.45) is 1.50. The van der Waals surface area contributed by atoms with Crippen molar-refractivity contribution in [3.05, 3.63) is 46.2 Å². The SMILES string of the molecule is C=C[C@](C)(N)c1cc(F)c(Cl)cc1Cl.